The van der Waals surface area contributed by atoms with E-state index in [1.54, 1.807) is 6.07 Å². The van der Waals surface area contributed by atoms with Gasteiger partial charge in [-0.05, 0) is 54.8 Å². The molecule has 1 aliphatic rings. The number of hydrogen-bond donors (Lipinski definition) is 0. The van der Waals surface area contributed by atoms with E-state index in [4.69, 9.17) is 20.8 Å². The van der Waals surface area contributed by atoms with Gasteiger partial charge < -0.3 is 14.1 Å². The van der Waals surface area contributed by atoms with E-state index in [1.807, 2.05) is 67.3 Å². The number of hydrogen-bond acceptors (Lipinski definition) is 4. The molecule has 0 N–H and O–H groups in total. The first kappa shape index (κ1) is 21.5. The summed E-state index contributed by atoms with van der Waals surface area (Å²) in [6, 6.07) is 17.5. The minimum Gasteiger partial charge on any atom is -0.485 e. The summed E-state index contributed by atoms with van der Waals surface area (Å²) >= 11 is 5.96. The average molecular weight is 439 g/mol. The molecular formula is C25H27ClN2O3. The molecule has 3 aromatic rings. The van der Waals surface area contributed by atoms with Crippen LogP contribution >= 0.6 is 11.6 Å². The zero-order valence-electron chi connectivity index (χ0n) is 17.9. The number of para-hydroxylation sites is 1. The molecule has 0 aliphatic carbocycles. The van der Waals surface area contributed by atoms with Crippen LogP contribution in [0, 0.1) is 13.8 Å². The Bertz CT molecular complexity index is 1020. The Morgan fingerprint density at radius 1 is 0.968 bits per heavy atom. The van der Waals surface area contributed by atoms with Gasteiger partial charge >= 0.3 is 0 Å². The van der Waals surface area contributed by atoms with Crippen molar-refractivity contribution in [3.8, 4) is 5.75 Å². The van der Waals surface area contributed by atoms with Crippen LogP contribution in [-0.4, -0.2) is 41.9 Å². The number of aryl methyl sites for hydroxylation is 2. The van der Waals surface area contributed by atoms with Crippen LogP contribution in [0.2, 0.25) is 5.02 Å². The molecule has 4 rings (SSSR count). The van der Waals surface area contributed by atoms with Gasteiger partial charge in [-0.3, -0.25) is 9.69 Å². The SMILES string of the molecule is Cc1cccc(C)c1OCc1ccc(C(=O)N2CCN(Cc3ccc(Cl)cc3)CC2)o1. The standard InChI is InChI=1S/C25H27ClN2O3/c1-18-4-3-5-19(2)24(18)30-17-22-10-11-23(31-22)25(29)28-14-12-27(13-15-28)16-20-6-8-21(26)9-7-20/h3-11H,12-17H2,1-2H3. The number of amides is 1. The van der Waals surface area contributed by atoms with Crippen molar-refractivity contribution in [2.45, 2.75) is 27.0 Å². The van der Waals surface area contributed by atoms with Gasteiger partial charge in [0, 0.05) is 37.7 Å². The summed E-state index contributed by atoms with van der Waals surface area (Å²) in [7, 11) is 0. The molecule has 1 fully saturated rings. The second kappa shape index (κ2) is 9.58. The van der Waals surface area contributed by atoms with Crippen molar-refractivity contribution in [2.75, 3.05) is 26.2 Å². The molecule has 162 valence electrons. The highest BCUT2D eigenvalue weighted by atomic mass is 35.5. The number of carbonyl (C=O) groups excluding carboxylic acids is 1. The topological polar surface area (TPSA) is 45.9 Å². The summed E-state index contributed by atoms with van der Waals surface area (Å²) in [5, 5.41) is 0.747. The van der Waals surface area contributed by atoms with Crippen molar-refractivity contribution < 1.29 is 13.9 Å². The van der Waals surface area contributed by atoms with E-state index in [2.05, 4.69) is 4.90 Å². The number of nitrogens with zero attached hydrogens (tertiary/aromatic N) is 2. The number of halogens is 1. The maximum absolute atomic E-state index is 12.9. The van der Waals surface area contributed by atoms with E-state index in [-0.39, 0.29) is 5.91 Å². The molecule has 0 radical (unpaired) electrons. The predicted molar refractivity (Wildman–Crippen MR) is 122 cm³/mol. The van der Waals surface area contributed by atoms with Gasteiger partial charge in [0.1, 0.15) is 18.1 Å². The third kappa shape index (κ3) is 5.30. The lowest BCUT2D eigenvalue weighted by Crippen LogP contribution is -2.48. The minimum absolute atomic E-state index is 0.0653. The summed E-state index contributed by atoms with van der Waals surface area (Å²) in [5.41, 5.74) is 3.39. The molecule has 2 heterocycles. The quantitative estimate of drug-likeness (QED) is 0.538. The molecule has 1 amide bonds. The second-order valence-corrected chi connectivity index (χ2v) is 8.41. The van der Waals surface area contributed by atoms with Crippen molar-refractivity contribution in [1.82, 2.24) is 9.80 Å². The molecule has 1 saturated heterocycles. The van der Waals surface area contributed by atoms with E-state index < -0.39 is 0 Å². The molecule has 1 aliphatic heterocycles. The fourth-order valence-corrected chi connectivity index (χ4v) is 3.98. The van der Waals surface area contributed by atoms with Crippen LogP contribution in [0.1, 0.15) is 33.0 Å². The van der Waals surface area contributed by atoms with Gasteiger partial charge in [-0.25, -0.2) is 0 Å². The zero-order chi connectivity index (χ0) is 21.8. The van der Waals surface area contributed by atoms with Crippen LogP contribution < -0.4 is 4.74 Å². The monoisotopic (exact) mass is 438 g/mol. The van der Waals surface area contributed by atoms with Crippen molar-refractivity contribution >= 4 is 17.5 Å². The lowest BCUT2D eigenvalue weighted by atomic mass is 10.1. The van der Waals surface area contributed by atoms with Crippen molar-refractivity contribution in [2.24, 2.45) is 0 Å². The Hall–Kier alpha value is -2.76. The maximum atomic E-state index is 12.9. The molecule has 0 atom stereocenters. The van der Waals surface area contributed by atoms with Gasteiger partial charge in [-0.15, -0.1) is 0 Å². The lowest BCUT2D eigenvalue weighted by molar-refractivity contribution is 0.0594. The van der Waals surface area contributed by atoms with E-state index in [0.717, 1.165) is 41.5 Å². The van der Waals surface area contributed by atoms with Crippen molar-refractivity contribution in [3.05, 3.63) is 87.8 Å². The maximum Gasteiger partial charge on any atom is 0.289 e. The van der Waals surface area contributed by atoms with Gasteiger partial charge in [0.05, 0.1) is 0 Å². The van der Waals surface area contributed by atoms with E-state index in [9.17, 15) is 4.79 Å². The van der Waals surface area contributed by atoms with E-state index in [0.29, 0.717) is 31.2 Å². The second-order valence-electron chi connectivity index (χ2n) is 7.97. The Morgan fingerprint density at radius 3 is 2.32 bits per heavy atom. The zero-order valence-corrected chi connectivity index (χ0v) is 18.7. The fraction of sp³-hybridized carbons (Fsp3) is 0.320. The molecule has 0 unspecified atom stereocenters. The van der Waals surface area contributed by atoms with Gasteiger partial charge in [0.2, 0.25) is 0 Å². The molecule has 1 aromatic heterocycles. The summed E-state index contributed by atoms with van der Waals surface area (Å²) in [6.07, 6.45) is 0. The van der Waals surface area contributed by atoms with Gasteiger partial charge in [0.15, 0.2) is 5.76 Å². The minimum atomic E-state index is -0.0653. The third-order valence-corrected chi connectivity index (χ3v) is 5.87. The van der Waals surface area contributed by atoms with Crippen LogP contribution in [-0.2, 0) is 13.2 Å². The third-order valence-electron chi connectivity index (χ3n) is 5.62. The van der Waals surface area contributed by atoms with Crippen LogP contribution in [0.15, 0.2) is 59.0 Å². The molecular weight excluding hydrogens is 412 g/mol. The summed E-state index contributed by atoms with van der Waals surface area (Å²) in [4.78, 5) is 17.1. The normalized spacial score (nSPS) is 14.6. The number of furan rings is 1. The molecule has 6 heteroatoms. The first-order valence-corrected chi connectivity index (χ1v) is 10.9. The number of ether oxygens (including phenoxy) is 1. The van der Waals surface area contributed by atoms with Crippen LogP contribution in [0.4, 0.5) is 0 Å². The summed E-state index contributed by atoms with van der Waals surface area (Å²) in [5.74, 6) is 1.81. The van der Waals surface area contributed by atoms with Crippen LogP contribution in [0.5, 0.6) is 5.75 Å². The van der Waals surface area contributed by atoms with Gasteiger partial charge in [-0.1, -0.05) is 41.9 Å². The number of rotatable bonds is 6. The Balaban J connectivity index is 1.29. The number of benzene rings is 2. The number of piperazine rings is 1. The first-order chi connectivity index (χ1) is 15.0. The van der Waals surface area contributed by atoms with Gasteiger partial charge in [-0.2, -0.15) is 0 Å². The van der Waals surface area contributed by atoms with Crippen LogP contribution in [0.25, 0.3) is 0 Å². The highest BCUT2D eigenvalue weighted by Crippen LogP contribution is 2.24. The van der Waals surface area contributed by atoms with Crippen molar-refractivity contribution in [1.29, 1.82) is 0 Å². The predicted octanol–water partition coefficient (Wildman–Crippen LogP) is 5.09. The average Bonchev–Trinajstić information content (AvgIpc) is 3.24. The molecule has 5 nitrogen and oxygen atoms in total. The highest BCUT2D eigenvalue weighted by Gasteiger charge is 2.24. The molecule has 0 saturated carbocycles. The molecule has 0 spiro atoms. The lowest BCUT2D eigenvalue weighted by Gasteiger charge is -2.34. The van der Waals surface area contributed by atoms with Gasteiger partial charge in [0.25, 0.3) is 5.91 Å². The number of carbonyl (C=O) groups is 1. The van der Waals surface area contributed by atoms with E-state index >= 15 is 0 Å². The Kier molecular flexibility index (Phi) is 6.64. The summed E-state index contributed by atoms with van der Waals surface area (Å²) in [6.45, 7) is 8.23. The fourth-order valence-electron chi connectivity index (χ4n) is 3.85. The molecule has 31 heavy (non-hydrogen) atoms. The summed E-state index contributed by atoms with van der Waals surface area (Å²) < 4.78 is 11.7. The van der Waals surface area contributed by atoms with Crippen LogP contribution in [0.3, 0.4) is 0 Å². The highest BCUT2D eigenvalue weighted by molar-refractivity contribution is 6.30. The largest absolute Gasteiger partial charge is 0.485 e. The molecule has 2 aromatic carbocycles. The molecule has 0 bridgehead atoms. The first-order valence-electron chi connectivity index (χ1n) is 10.5. The smallest absolute Gasteiger partial charge is 0.289 e. The Morgan fingerprint density at radius 2 is 1.65 bits per heavy atom. The van der Waals surface area contributed by atoms with Crippen molar-refractivity contribution in [3.63, 3.8) is 0 Å². The van der Waals surface area contributed by atoms with E-state index in [1.165, 1.54) is 5.56 Å². The Labute approximate surface area is 188 Å².